The number of methoxy groups -OCH3 is 1. The van der Waals surface area contributed by atoms with E-state index in [1.54, 1.807) is 19.3 Å². The third-order valence-corrected chi connectivity index (χ3v) is 2.22. The highest BCUT2D eigenvalue weighted by Crippen LogP contribution is 2.40. The highest BCUT2D eigenvalue weighted by Gasteiger charge is 2.17. The Balaban J connectivity index is 2.43. The van der Waals surface area contributed by atoms with Crippen LogP contribution in [0.3, 0.4) is 0 Å². The summed E-state index contributed by atoms with van der Waals surface area (Å²) in [6.07, 6.45) is 3.84. The molecule has 2 rings (SSSR count). The zero-order valence-electron chi connectivity index (χ0n) is 8.93. The number of carbonyl (C=O) groups excluding carboxylic acids is 1. The fourth-order valence-electron chi connectivity index (χ4n) is 1.54. The molecule has 4 heteroatoms. The van der Waals surface area contributed by atoms with Crippen LogP contribution in [-0.4, -0.2) is 26.6 Å². The average Bonchev–Trinajstić information content (AvgIpc) is 2.35. The van der Waals surface area contributed by atoms with E-state index in [4.69, 9.17) is 14.2 Å². The first kappa shape index (κ1) is 10.5. The number of fused-ring (bicyclic) bond motifs is 1. The molecule has 0 aliphatic carbocycles. The van der Waals surface area contributed by atoms with Crippen LogP contribution < -0.4 is 14.2 Å². The first-order chi connectivity index (χ1) is 7.85. The van der Waals surface area contributed by atoms with Crippen molar-refractivity contribution in [2.45, 2.75) is 0 Å². The van der Waals surface area contributed by atoms with Gasteiger partial charge in [-0.2, -0.15) is 0 Å². The number of rotatable bonds is 3. The molecule has 16 heavy (non-hydrogen) atoms. The second-order valence-corrected chi connectivity index (χ2v) is 3.24. The van der Waals surface area contributed by atoms with E-state index in [0.29, 0.717) is 30.5 Å². The van der Waals surface area contributed by atoms with Crippen molar-refractivity contribution < 1.29 is 19.0 Å². The zero-order valence-corrected chi connectivity index (χ0v) is 8.93. The van der Waals surface area contributed by atoms with Gasteiger partial charge in [-0.15, -0.1) is 0 Å². The van der Waals surface area contributed by atoms with Crippen molar-refractivity contribution in [1.29, 1.82) is 0 Å². The van der Waals surface area contributed by atoms with Crippen molar-refractivity contribution in [1.82, 2.24) is 0 Å². The van der Waals surface area contributed by atoms with Crippen molar-refractivity contribution in [2.24, 2.45) is 0 Å². The van der Waals surface area contributed by atoms with Crippen molar-refractivity contribution >= 4 is 12.4 Å². The number of benzene rings is 1. The Bertz CT molecular complexity index is 406. The van der Waals surface area contributed by atoms with Gasteiger partial charge in [-0.1, -0.05) is 6.08 Å². The summed E-state index contributed by atoms with van der Waals surface area (Å²) in [5, 5.41) is 0. The molecule has 0 atom stereocenters. The summed E-state index contributed by atoms with van der Waals surface area (Å²) in [7, 11) is 1.57. The predicted octanol–water partition coefficient (Wildman–Crippen LogP) is 1.68. The first-order valence-electron chi connectivity index (χ1n) is 4.94. The van der Waals surface area contributed by atoms with Crippen LogP contribution in [0.25, 0.3) is 6.08 Å². The number of hydrogen-bond donors (Lipinski definition) is 0. The van der Waals surface area contributed by atoms with E-state index in [1.807, 2.05) is 6.07 Å². The molecule has 1 aromatic carbocycles. The van der Waals surface area contributed by atoms with Gasteiger partial charge in [-0.25, -0.2) is 0 Å². The van der Waals surface area contributed by atoms with E-state index >= 15 is 0 Å². The maximum Gasteiger partial charge on any atom is 0.203 e. The lowest BCUT2D eigenvalue weighted by molar-refractivity contribution is -0.104. The first-order valence-corrected chi connectivity index (χ1v) is 4.94. The third kappa shape index (κ3) is 2.00. The molecule has 4 nitrogen and oxygen atoms in total. The molecular weight excluding hydrogens is 208 g/mol. The Kier molecular flexibility index (Phi) is 3.10. The maximum atomic E-state index is 10.2. The van der Waals surface area contributed by atoms with Gasteiger partial charge in [-0.3, -0.25) is 4.79 Å². The summed E-state index contributed by atoms with van der Waals surface area (Å²) in [5.41, 5.74) is 0.841. The number of hydrogen-bond acceptors (Lipinski definition) is 4. The van der Waals surface area contributed by atoms with Crippen molar-refractivity contribution in [3.8, 4) is 17.2 Å². The number of allylic oxidation sites excluding steroid dienone is 1. The third-order valence-electron chi connectivity index (χ3n) is 2.22. The second-order valence-electron chi connectivity index (χ2n) is 3.24. The molecule has 1 heterocycles. The molecule has 1 aromatic rings. The second kappa shape index (κ2) is 4.70. The molecule has 0 bridgehead atoms. The van der Waals surface area contributed by atoms with Crippen molar-refractivity contribution in [2.75, 3.05) is 20.3 Å². The molecule has 0 spiro atoms. The van der Waals surface area contributed by atoms with Gasteiger partial charge in [-0.05, 0) is 23.8 Å². The summed E-state index contributed by atoms with van der Waals surface area (Å²) < 4.78 is 16.1. The molecule has 84 valence electrons. The predicted molar refractivity (Wildman–Crippen MR) is 59.1 cm³/mol. The van der Waals surface area contributed by atoms with E-state index in [0.717, 1.165) is 11.8 Å². The Morgan fingerprint density at radius 2 is 2.12 bits per heavy atom. The highest BCUT2D eigenvalue weighted by atomic mass is 16.6. The Morgan fingerprint density at radius 1 is 1.31 bits per heavy atom. The maximum absolute atomic E-state index is 10.2. The monoisotopic (exact) mass is 220 g/mol. The van der Waals surface area contributed by atoms with E-state index in [2.05, 4.69) is 0 Å². The van der Waals surface area contributed by atoms with Crippen LogP contribution in [0.15, 0.2) is 18.2 Å². The van der Waals surface area contributed by atoms with E-state index in [9.17, 15) is 4.79 Å². The van der Waals surface area contributed by atoms with Crippen LogP contribution in [0.4, 0.5) is 0 Å². The van der Waals surface area contributed by atoms with Crippen molar-refractivity contribution in [3.05, 3.63) is 23.8 Å². The Morgan fingerprint density at radius 3 is 2.88 bits per heavy atom. The van der Waals surface area contributed by atoms with Crippen LogP contribution in [0.5, 0.6) is 17.2 Å². The molecule has 0 amide bonds. The van der Waals surface area contributed by atoms with Gasteiger partial charge in [0.15, 0.2) is 11.5 Å². The van der Waals surface area contributed by atoms with E-state index in [1.165, 1.54) is 6.08 Å². The minimum absolute atomic E-state index is 0.521. The molecule has 0 N–H and O–H groups in total. The van der Waals surface area contributed by atoms with Gasteiger partial charge < -0.3 is 14.2 Å². The van der Waals surface area contributed by atoms with Crippen LogP contribution in [0, 0.1) is 0 Å². The average molecular weight is 220 g/mol. The van der Waals surface area contributed by atoms with Crippen LogP contribution >= 0.6 is 0 Å². The molecule has 0 radical (unpaired) electrons. The minimum Gasteiger partial charge on any atom is -0.493 e. The van der Waals surface area contributed by atoms with Crippen LogP contribution in [0.2, 0.25) is 0 Å². The van der Waals surface area contributed by atoms with Gasteiger partial charge in [0, 0.05) is 0 Å². The molecule has 0 aromatic heterocycles. The molecule has 0 fully saturated rings. The highest BCUT2D eigenvalue weighted by molar-refractivity contribution is 5.75. The van der Waals surface area contributed by atoms with Gasteiger partial charge in [0.2, 0.25) is 5.75 Å². The van der Waals surface area contributed by atoms with Crippen LogP contribution in [0.1, 0.15) is 5.56 Å². The lowest BCUT2D eigenvalue weighted by Gasteiger charge is -2.20. The fraction of sp³-hybridized carbons (Fsp3) is 0.250. The quantitative estimate of drug-likeness (QED) is 0.574. The number of carbonyl (C=O) groups is 1. The van der Waals surface area contributed by atoms with E-state index < -0.39 is 0 Å². The molecule has 0 unspecified atom stereocenters. The summed E-state index contributed by atoms with van der Waals surface area (Å²) in [6.45, 7) is 1.05. The summed E-state index contributed by atoms with van der Waals surface area (Å²) in [4.78, 5) is 10.2. The summed E-state index contributed by atoms with van der Waals surface area (Å²) in [6, 6.07) is 3.62. The van der Waals surface area contributed by atoms with Crippen molar-refractivity contribution in [3.63, 3.8) is 0 Å². The normalized spacial score (nSPS) is 13.8. The number of aldehydes is 1. The van der Waals surface area contributed by atoms with Gasteiger partial charge >= 0.3 is 0 Å². The minimum atomic E-state index is 0.521. The fourth-order valence-corrected chi connectivity index (χ4v) is 1.54. The molecule has 0 saturated heterocycles. The Labute approximate surface area is 93.4 Å². The van der Waals surface area contributed by atoms with Gasteiger partial charge in [0.1, 0.15) is 19.5 Å². The summed E-state index contributed by atoms with van der Waals surface area (Å²) >= 11 is 0. The lowest BCUT2D eigenvalue weighted by Crippen LogP contribution is -2.16. The summed E-state index contributed by atoms with van der Waals surface area (Å²) in [5.74, 6) is 1.89. The van der Waals surface area contributed by atoms with E-state index in [-0.39, 0.29) is 0 Å². The van der Waals surface area contributed by atoms with Gasteiger partial charge in [0.05, 0.1) is 7.11 Å². The topological polar surface area (TPSA) is 44.8 Å². The SMILES string of the molecule is COc1cc(C=CC=O)cc2c1OCCO2. The Hall–Kier alpha value is -1.97. The smallest absolute Gasteiger partial charge is 0.203 e. The van der Waals surface area contributed by atoms with Crippen LogP contribution in [-0.2, 0) is 4.79 Å². The lowest BCUT2D eigenvalue weighted by atomic mass is 10.1. The standard InChI is InChI=1S/C12H12O4/c1-14-10-7-9(3-2-4-13)8-11-12(10)16-6-5-15-11/h2-4,7-8H,5-6H2,1H3. The molecular formula is C12H12O4. The molecule has 1 aliphatic rings. The zero-order chi connectivity index (χ0) is 11.4. The largest absolute Gasteiger partial charge is 0.493 e. The van der Waals surface area contributed by atoms with Gasteiger partial charge in [0.25, 0.3) is 0 Å². The molecule has 0 saturated carbocycles. The number of ether oxygens (including phenoxy) is 3. The molecule has 1 aliphatic heterocycles.